The molecule has 5 rings (SSSR count). The summed E-state index contributed by atoms with van der Waals surface area (Å²) in [6, 6.07) is 15.0. The van der Waals surface area contributed by atoms with Crippen LogP contribution in [0, 0.1) is 0 Å². The van der Waals surface area contributed by atoms with Gasteiger partial charge >= 0.3 is 0 Å². The third-order valence-electron chi connectivity index (χ3n) is 5.86. The van der Waals surface area contributed by atoms with Gasteiger partial charge in [0.25, 0.3) is 5.91 Å². The van der Waals surface area contributed by atoms with Gasteiger partial charge in [-0.05, 0) is 49.4 Å². The number of thiazole rings is 1. The van der Waals surface area contributed by atoms with E-state index in [0.717, 1.165) is 47.5 Å². The Kier molecular flexibility index (Phi) is 5.37. The number of carbonyl (C=O) groups is 1. The van der Waals surface area contributed by atoms with Gasteiger partial charge in [-0.3, -0.25) is 4.79 Å². The van der Waals surface area contributed by atoms with Crippen molar-refractivity contribution in [2.75, 3.05) is 24.5 Å². The zero-order valence-corrected chi connectivity index (χ0v) is 18.7. The second-order valence-electron chi connectivity index (χ2n) is 7.87. The summed E-state index contributed by atoms with van der Waals surface area (Å²) in [6.45, 7) is 1.76. The van der Waals surface area contributed by atoms with Crippen molar-refractivity contribution >= 4 is 33.0 Å². The van der Waals surface area contributed by atoms with Crippen molar-refractivity contribution < 1.29 is 13.2 Å². The van der Waals surface area contributed by atoms with Crippen LogP contribution < -0.4 is 4.90 Å². The number of benzene rings is 2. The molecule has 3 heterocycles. The van der Waals surface area contributed by atoms with Gasteiger partial charge in [-0.1, -0.05) is 30.3 Å². The first-order valence-corrected chi connectivity index (χ1v) is 12.8. The molecule has 0 aliphatic carbocycles. The maximum absolute atomic E-state index is 13.2. The average Bonchev–Trinajstić information content (AvgIpc) is 3.51. The molecule has 8 heteroatoms. The highest BCUT2D eigenvalue weighted by atomic mass is 32.2. The van der Waals surface area contributed by atoms with Gasteiger partial charge in [0.1, 0.15) is 10.7 Å². The molecule has 160 valence electrons. The van der Waals surface area contributed by atoms with E-state index in [1.54, 1.807) is 32.8 Å². The second kappa shape index (κ2) is 8.18. The van der Waals surface area contributed by atoms with Gasteiger partial charge in [0.2, 0.25) is 10.0 Å². The Morgan fingerprint density at radius 2 is 1.74 bits per heavy atom. The Labute approximate surface area is 186 Å². The van der Waals surface area contributed by atoms with Gasteiger partial charge in [0, 0.05) is 36.3 Å². The van der Waals surface area contributed by atoms with Crippen molar-refractivity contribution in [3.8, 4) is 10.6 Å². The summed E-state index contributed by atoms with van der Waals surface area (Å²) in [5, 5.41) is 2.61. The van der Waals surface area contributed by atoms with Crippen LogP contribution in [0.25, 0.3) is 10.6 Å². The summed E-state index contributed by atoms with van der Waals surface area (Å²) in [5.41, 5.74) is 3.09. The summed E-state index contributed by atoms with van der Waals surface area (Å²) < 4.78 is 27.4. The van der Waals surface area contributed by atoms with Crippen LogP contribution in [0.5, 0.6) is 0 Å². The van der Waals surface area contributed by atoms with Gasteiger partial charge in [0.15, 0.2) is 0 Å². The van der Waals surface area contributed by atoms with Crippen molar-refractivity contribution in [1.29, 1.82) is 0 Å². The third-order valence-corrected chi connectivity index (χ3v) is 8.65. The summed E-state index contributed by atoms with van der Waals surface area (Å²) in [6.07, 6.45) is 3.37. The zero-order chi connectivity index (χ0) is 21.4. The molecule has 0 atom stereocenters. The predicted molar refractivity (Wildman–Crippen MR) is 122 cm³/mol. The lowest BCUT2D eigenvalue weighted by molar-refractivity contribution is 0.0981. The van der Waals surface area contributed by atoms with E-state index in [2.05, 4.69) is 4.98 Å². The fourth-order valence-electron chi connectivity index (χ4n) is 4.25. The largest absolute Gasteiger partial charge is 0.307 e. The Hall–Kier alpha value is -2.55. The number of sulfonamides is 1. The molecule has 2 aromatic carbocycles. The number of amides is 1. The molecule has 0 N–H and O–H groups in total. The van der Waals surface area contributed by atoms with Crippen molar-refractivity contribution in [3.63, 3.8) is 0 Å². The minimum absolute atomic E-state index is 0.144. The van der Waals surface area contributed by atoms with Crippen LogP contribution in [0.1, 0.15) is 35.3 Å². The number of anilines is 1. The lowest BCUT2D eigenvalue weighted by Crippen LogP contribution is -2.36. The minimum atomic E-state index is -3.47. The smallest absolute Gasteiger partial charge is 0.277 e. The van der Waals surface area contributed by atoms with Crippen molar-refractivity contribution in [3.05, 3.63) is 65.2 Å². The Balaban J connectivity index is 1.43. The van der Waals surface area contributed by atoms with E-state index in [4.69, 9.17) is 0 Å². The summed E-state index contributed by atoms with van der Waals surface area (Å²) in [5.74, 6) is -0.144. The number of hydrogen-bond acceptors (Lipinski definition) is 5. The van der Waals surface area contributed by atoms with Crippen molar-refractivity contribution in [1.82, 2.24) is 9.29 Å². The number of fused-ring (bicyclic) bond motifs is 1. The first-order valence-electron chi connectivity index (χ1n) is 10.5. The molecule has 0 saturated carbocycles. The van der Waals surface area contributed by atoms with E-state index in [0.29, 0.717) is 30.2 Å². The molecule has 3 aromatic rings. The highest BCUT2D eigenvalue weighted by Gasteiger charge is 2.30. The molecule has 1 amide bonds. The van der Waals surface area contributed by atoms with Crippen LogP contribution >= 0.6 is 11.3 Å². The predicted octanol–water partition coefficient (Wildman–Crippen LogP) is 4.19. The van der Waals surface area contributed by atoms with Gasteiger partial charge < -0.3 is 4.90 Å². The zero-order valence-electron chi connectivity index (χ0n) is 17.0. The number of carbonyl (C=O) groups excluding carboxylic acids is 1. The molecule has 31 heavy (non-hydrogen) atoms. The Morgan fingerprint density at radius 1 is 0.968 bits per heavy atom. The van der Waals surface area contributed by atoms with E-state index in [-0.39, 0.29) is 5.91 Å². The summed E-state index contributed by atoms with van der Waals surface area (Å²) >= 11 is 1.45. The maximum Gasteiger partial charge on any atom is 0.277 e. The molecule has 1 saturated heterocycles. The van der Waals surface area contributed by atoms with Crippen molar-refractivity contribution in [2.45, 2.75) is 30.6 Å². The lowest BCUT2D eigenvalue weighted by atomic mass is 10.0. The molecular weight excluding hydrogens is 430 g/mol. The van der Waals surface area contributed by atoms with Gasteiger partial charge in [-0.2, -0.15) is 4.31 Å². The molecule has 2 aliphatic heterocycles. The molecule has 0 radical (unpaired) electrons. The SMILES string of the molecule is O=C(c1csc(-c2ccccc2)n1)N1CCCc2cc(S(=O)(=O)N3CCCC3)ccc21. The fourth-order valence-corrected chi connectivity index (χ4v) is 6.61. The minimum Gasteiger partial charge on any atom is -0.307 e. The Morgan fingerprint density at radius 3 is 2.52 bits per heavy atom. The highest BCUT2D eigenvalue weighted by molar-refractivity contribution is 7.89. The molecule has 6 nitrogen and oxygen atoms in total. The second-order valence-corrected chi connectivity index (χ2v) is 10.7. The number of rotatable bonds is 4. The summed E-state index contributed by atoms with van der Waals surface area (Å²) in [7, 11) is -3.47. The normalized spacial score (nSPS) is 17.0. The first kappa shape index (κ1) is 20.4. The van der Waals surface area contributed by atoms with E-state index in [1.807, 2.05) is 30.3 Å². The maximum atomic E-state index is 13.2. The first-order chi connectivity index (χ1) is 15.0. The van der Waals surface area contributed by atoms with Gasteiger partial charge in [-0.25, -0.2) is 13.4 Å². The monoisotopic (exact) mass is 453 g/mol. The van der Waals surface area contributed by atoms with Crippen molar-refractivity contribution in [2.24, 2.45) is 0 Å². The summed E-state index contributed by atoms with van der Waals surface area (Å²) in [4.78, 5) is 19.9. The fraction of sp³-hybridized carbons (Fsp3) is 0.304. The van der Waals surface area contributed by atoms with E-state index < -0.39 is 10.0 Å². The van der Waals surface area contributed by atoms with Crippen LogP contribution in [-0.4, -0.2) is 43.2 Å². The quantitative estimate of drug-likeness (QED) is 0.594. The molecule has 0 spiro atoms. The third kappa shape index (κ3) is 3.79. The Bertz CT molecular complexity index is 1220. The standard InChI is InChI=1S/C23H23N3O3S2/c27-23(20-16-30-22(24-20)17-7-2-1-3-8-17)26-14-6-9-18-15-19(10-11-21(18)26)31(28,29)25-12-4-5-13-25/h1-3,7-8,10-11,15-16H,4-6,9,12-14H2. The van der Waals surface area contributed by atoms with Crippen LogP contribution in [0.15, 0.2) is 58.8 Å². The van der Waals surface area contributed by atoms with E-state index in [9.17, 15) is 13.2 Å². The van der Waals surface area contributed by atoms with E-state index >= 15 is 0 Å². The van der Waals surface area contributed by atoms with Crippen LogP contribution in [0.3, 0.4) is 0 Å². The number of aryl methyl sites for hydroxylation is 1. The van der Waals surface area contributed by atoms with Crippen LogP contribution in [0.4, 0.5) is 5.69 Å². The molecule has 0 bridgehead atoms. The van der Waals surface area contributed by atoms with Gasteiger partial charge in [-0.15, -0.1) is 11.3 Å². The number of aromatic nitrogens is 1. The van der Waals surface area contributed by atoms with Crippen LogP contribution in [0.2, 0.25) is 0 Å². The highest BCUT2D eigenvalue weighted by Crippen LogP contribution is 2.33. The van der Waals surface area contributed by atoms with Crippen LogP contribution in [-0.2, 0) is 16.4 Å². The van der Waals surface area contributed by atoms with Gasteiger partial charge in [0.05, 0.1) is 4.90 Å². The topological polar surface area (TPSA) is 70.6 Å². The lowest BCUT2D eigenvalue weighted by Gasteiger charge is -2.29. The molecular formula is C23H23N3O3S2. The molecule has 1 fully saturated rings. The number of nitrogens with zero attached hydrogens (tertiary/aromatic N) is 3. The molecule has 1 aromatic heterocycles. The molecule has 2 aliphatic rings. The van der Waals surface area contributed by atoms with E-state index in [1.165, 1.54) is 11.3 Å². The average molecular weight is 454 g/mol. The molecule has 0 unspecified atom stereocenters. The number of hydrogen-bond donors (Lipinski definition) is 0.